The Kier molecular flexibility index (Phi) is 5.94. The van der Waals surface area contributed by atoms with Crippen LogP contribution in [0.5, 0.6) is 5.75 Å². The van der Waals surface area contributed by atoms with Crippen LogP contribution in [-0.4, -0.2) is 37.2 Å². The molecule has 21 heavy (non-hydrogen) atoms. The van der Waals surface area contributed by atoms with Gasteiger partial charge in [-0.1, -0.05) is 26.0 Å². The molecule has 1 heterocycles. The van der Waals surface area contributed by atoms with Gasteiger partial charge in [-0.15, -0.1) is 11.8 Å². The Bertz CT molecular complexity index is 485. The summed E-state index contributed by atoms with van der Waals surface area (Å²) in [4.78, 5) is 11.9. The lowest BCUT2D eigenvalue weighted by atomic mass is 9.99. The first kappa shape index (κ1) is 16.2. The third-order valence-corrected chi connectivity index (χ3v) is 4.64. The molecule has 0 aromatic heterocycles. The molecule has 0 aliphatic carbocycles. The highest BCUT2D eigenvalue weighted by Gasteiger charge is 2.21. The van der Waals surface area contributed by atoms with Crippen molar-refractivity contribution in [1.82, 2.24) is 10.6 Å². The summed E-state index contributed by atoms with van der Waals surface area (Å²) in [6.07, 6.45) is 0.787. The summed E-state index contributed by atoms with van der Waals surface area (Å²) in [5, 5.41) is 6.18. The van der Waals surface area contributed by atoms with Gasteiger partial charge in [-0.2, -0.15) is 0 Å². The number of amides is 1. The molecule has 116 valence electrons. The number of nitrogens with one attached hydrogen (secondary N) is 2. The minimum atomic E-state index is -0.0427. The summed E-state index contributed by atoms with van der Waals surface area (Å²) in [7, 11) is 1.69. The number of thioether (sulfide) groups is 1. The Balaban J connectivity index is 1.92. The van der Waals surface area contributed by atoms with E-state index in [-0.39, 0.29) is 11.9 Å². The fourth-order valence-corrected chi connectivity index (χ4v) is 3.30. The Hall–Kier alpha value is -1.20. The number of hydrogen-bond acceptors (Lipinski definition) is 4. The molecule has 1 fully saturated rings. The van der Waals surface area contributed by atoms with Crippen molar-refractivity contribution in [2.75, 3.05) is 25.3 Å². The van der Waals surface area contributed by atoms with Gasteiger partial charge in [0.1, 0.15) is 5.75 Å². The lowest BCUT2D eigenvalue weighted by Crippen LogP contribution is -2.42. The van der Waals surface area contributed by atoms with E-state index in [4.69, 9.17) is 4.74 Å². The van der Waals surface area contributed by atoms with E-state index in [0.29, 0.717) is 12.5 Å². The van der Waals surface area contributed by atoms with E-state index < -0.39 is 0 Å². The van der Waals surface area contributed by atoms with Gasteiger partial charge in [0, 0.05) is 18.2 Å². The minimum Gasteiger partial charge on any atom is -0.496 e. The number of carbonyl (C=O) groups is 1. The number of rotatable bonds is 6. The molecule has 2 rings (SSSR count). The molecule has 1 aromatic rings. The number of ether oxygens (including phenoxy) is 1. The standard InChI is InChI=1S/C16H24N2O2S/c1-11(2)12-4-5-15(20-3)13(8-12)6-7-17-16(19)14-9-21-10-18-14/h4-5,8,11,14,18H,6-7,9-10H2,1-3H3,(H,17,19). The van der Waals surface area contributed by atoms with Crippen molar-refractivity contribution >= 4 is 17.7 Å². The largest absolute Gasteiger partial charge is 0.496 e. The van der Waals surface area contributed by atoms with E-state index in [1.807, 2.05) is 6.07 Å². The predicted octanol–water partition coefficient (Wildman–Crippen LogP) is 2.14. The summed E-state index contributed by atoms with van der Waals surface area (Å²) in [6, 6.07) is 6.26. The summed E-state index contributed by atoms with van der Waals surface area (Å²) in [6.45, 7) is 4.99. The average Bonchev–Trinajstić information content (AvgIpc) is 3.01. The van der Waals surface area contributed by atoms with Gasteiger partial charge < -0.3 is 10.1 Å². The average molecular weight is 308 g/mol. The van der Waals surface area contributed by atoms with Crippen LogP contribution in [-0.2, 0) is 11.2 Å². The Morgan fingerprint density at radius 2 is 2.33 bits per heavy atom. The highest BCUT2D eigenvalue weighted by molar-refractivity contribution is 7.99. The predicted molar refractivity (Wildman–Crippen MR) is 88.0 cm³/mol. The summed E-state index contributed by atoms with van der Waals surface area (Å²) in [5.41, 5.74) is 2.45. The van der Waals surface area contributed by atoms with E-state index in [9.17, 15) is 4.79 Å². The highest BCUT2D eigenvalue weighted by Crippen LogP contribution is 2.24. The molecule has 0 spiro atoms. The zero-order valence-electron chi connectivity index (χ0n) is 12.9. The molecule has 1 unspecified atom stereocenters. The quantitative estimate of drug-likeness (QED) is 0.845. The second-order valence-electron chi connectivity index (χ2n) is 5.54. The van der Waals surface area contributed by atoms with Crippen LogP contribution in [0, 0.1) is 0 Å². The van der Waals surface area contributed by atoms with Gasteiger partial charge in [-0.3, -0.25) is 10.1 Å². The maximum atomic E-state index is 11.9. The zero-order valence-corrected chi connectivity index (χ0v) is 13.8. The van der Waals surface area contributed by atoms with E-state index >= 15 is 0 Å². The Morgan fingerprint density at radius 3 is 2.95 bits per heavy atom. The van der Waals surface area contributed by atoms with Crippen LogP contribution in [0.1, 0.15) is 30.9 Å². The van der Waals surface area contributed by atoms with Crippen LogP contribution in [0.15, 0.2) is 18.2 Å². The lowest BCUT2D eigenvalue weighted by Gasteiger charge is -2.14. The van der Waals surface area contributed by atoms with Gasteiger partial charge in [-0.25, -0.2) is 0 Å². The van der Waals surface area contributed by atoms with Crippen molar-refractivity contribution in [1.29, 1.82) is 0 Å². The fourth-order valence-electron chi connectivity index (χ4n) is 2.36. The molecule has 1 saturated heterocycles. The topological polar surface area (TPSA) is 50.4 Å². The molecule has 5 heteroatoms. The van der Waals surface area contributed by atoms with Crippen LogP contribution in [0.2, 0.25) is 0 Å². The molecule has 4 nitrogen and oxygen atoms in total. The van der Waals surface area contributed by atoms with E-state index in [1.165, 1.54) is 5.56 Å². The summed E-state index contributed by atoms with van der Waals surface area (Å²) >= 11 is 1.76. The van der Waals surface area contributed by atoms with E-state index in [1.54, 1.807) is 18.9 Å². The molecule has 0 bridgehead atoms. The van der Waals surface area contributed by atoms with Crippen molar-refractivity contribution < 1.29 is 9.53 Å². The first-order chi connectivity index (χ1) is 10.1. The van der Waals surface area contributed by atoms with Crippen LogP contribution in [0.4, 0.5) is 0 Å². The fraction of sp³-hybridized carbons (Fsp3) is 0.562. The van der Waals surface area contributed by atoms with Gasteiger partial charge in [0.15, 0.2) is 0 Å². The summed E-state index contributed by atoms with van der Waals surface area (Å²) in [5.74, 6) is 3.20. The minimum absolute atomic E-state index is 0.0427. The van der Waals surface area contributed by atoms with Gasteiger partial charge in [0.2, 0.25) is 5.91 Å². The molecule has 2 N–H and O–H groups in total. The number of carbonyl (C=O) groups excluding carboxylic acids is 1. The molecule has 1 aromatic carbocycles. The zero-order chi connectivity index (χ0) is 15.2. The number of hydrogen-bond donors (Lipinski definition) is 2. The van der Waals surface area contributed by atoms with Crippen LogP contribution in [0.25, 0.3) is 0 Å². The molecule has 1 aliphatic rings. The van der Waals surface area contributed by atoms with Crippen LogP contribution in [0.3, 0.4) is 0 Å². The van der Waals surface area contributed by atoms with Gasteiger partial charge in [-0.05, 0) is 29.5 Å². The second-order valence-corrected chi connectivity index (χ2v) is 6.57. The van der Waals surface area contributed by atoms with Crippen LogP contribution < -0.4 is 15.4 Å². The molecular weight excluding hydrogens is 284 g/mol. The third kappa shape index (κ3) is 4.38. The maximum absolute atomic E-state index is 11.9. The number of benzene rings is 1. The lowest BCUT2D eigenvalue weighted by molar-refractivity contribution is -0.122. The van der Waals surface area contributed by atoms with Gasteiger partial charge >= 0.3 is 0 Å². The van der Waals surface area contributed by atoms with Crippen LogP contribution >= 0.6 is 11.8 Å². The Labute approximate surface area is 131 Å². The third-order valence-electron chi connectivity index (χ3n) is 3.70. The SMILES string of the molecule is COc1ccc(C(C)C)cc1CCNC(=O)C1CSCN1. The first-order valence-corrected chi connectivity index (χ1v) is 8.53. The highest BCUT2D eigenvalue weighted by atomic mass is 32.2. The van der Waals surface area contributed by atoms with Gasteiger partial charge in [0.25, 0.3) is 0 Å². The first-order valence-electron chi connectivity index (χ1n) is 7.37. The van der Waals surface area contributed by atoms with Crippen molar-refractivity contribution in [3.63, 3.8) is 0 Å². The van der Waals surface area contributed by atoms with E-state index in [2.05, 4.69) is 36.6 Å². The molecule has 0 saturated carbocycles. The van der Waals surface area contributed by atoms with Crippen molar-refractivity contribution in [3.05, 3.63) is 29.3 Å². The molecular formula is C16H24N2O2S. The molecule has 0 radical (unpaired) electrons. The summed E-state index contributed by atoms with van der Waals surface area (Å²) < 4.78 is 5.41. The van der Waals surface area contributed by atoms with Crippen molar-refractivity contribution in [3.8, 4) is 5.75 Å². The van der Waals surface area contributed by atoms with E-state index in [0.717, 1.165) is 29.4 Å². The van der Waals surface area contributed by atoms with Crippen molar-refractivity contribution in [2.45, 2.75) is 32.2 Å². The number of methoxy groups -OCH3 is 1. The second kappa shape index (κ2) is 7.71. The molecule has 1 aliphatic heterocycles. The molecule has 1 atom stereocenters. The van der Waals surface area contributed by atoms with Gasteiger partial charge in [0.05, 0.1) is 13.2 Å². The Morgan fingerprint density at radius 1 is 1.52 bits per heavy atom. The maximum Gasteiger partial charge on any atom is 0.238 e. The smallest absolute Gasteiger partial charge is 0.238 e. The van der Waals surface area contributed by atoms with Crippen molar-refractivity contribution in [2.24, 2.45) is 0 Å². The normalized spacial score (nSPS) is 18.0. The monoisotopic (exact) mass is 308 g/mol. The molecule has 1 amide bonds.